The lowest BCUT2D eigenvalue weighted by Crippen LogP contribution is -2.54. The van der Waals surface area contributed by atoms with Crippen molar-refractivity contribution >= 4 is 17.8 Å². The molecule has 2 amide bonds. The van der Waals surface area contributed by atoms with Crippen LogP contribution in [0.3, 0.4) is 0 Å². The molecule has 1 rings (SSSR count). The standard InChI is InChI=1S/C12H21N3O4/c1-9(13-10(2)16)12(19)15-7-5-14(6-8-15)4-3-11(17)18/h9H,3-8H2,1-2H3,(H,13,16)(H,17,18). The number of nitrogens with zero attached hydrogens (tertiary/aromatic N) is 2. The minimum absolute atomic E-state index is 0.0897. The first-order chi connectivity index (χ1) is 8.90. The van der Waals surface area contributed by atoms with Crippen LogP contribution in [0.25, 0.3) is 0 Å². The highest BCUT2D eigenvalue weighted by molar-refractivity contribution is 5.86. The summed E-state index contributed by atoms with van der Waals surface area (Å²) in [6.07, 6.45) is 0.121. The largest absolute Gasteiger partial charge is 0.481 e. The van der Waals surface area contributed by atoms with Gasteiger partial charge in [0.05, 0.1) is 6.42 Å². The van der Waals surface area contributed by atoms with Gasteiger partial charge in [0.25, 0.3) is 0 Å². The number of carboxylic acid groups (broad SMARTS) is 1. The Morgan fingerprint density at radius 2 is 1.79 bits per heavy atom. The molecule has 7 heteroatoms. The zero-order valence-corrected chi connectivity index (χ0v) is 11.4. The fourth-order valence-corrected chi connectivity index (χ4v) is 2.09. The summed E-state index contributed by atoms with van der Waals surface area (Å²) in [5.74, 6) is -1.12. The van der Waals surface area contributed by atoms with Crippen molar-refractivity contribution in [1.29, 1.82) is 0 Å². The third-order valence-corrected chi connectivity index (χ3v) is 3.12. The number of hydrogen-bond donors (Lipinski definition) is 2. The van der Waals surface area contributed by atoms with Crippen molar-refractivity contribution in [2.75, 3.05) is 32.7 Å². The average Bonchev–Trinajstić information content (AvgIpc) is 2.35. The molecular weight excluding hydrogens is 250 g/mol. The van der Waals surface area contributed by atoms with Gasteiger partial charge >= 0.3 is 5.97 Å². The Kier molecular flexibility index (Phi) is 5.75. The predicted molar refractivity (Wildman–Crippen MR) is 68.6 cm³/mol. The fraction of sp³-hybridized carbons (Fsp3) is 0.750. The molecule has 1 saturated heterocycles. The molecule has 0 bridgehead atoms. The number of aliphatic carboxylic acids is 1. The molecular formula is C12H21N3O4. The van der Waals surface area contributed by atoms with Gasteiger partial charge < -0.3 is 15.3 Å². The number of piperazine rings is 1. The van der Waals surface area contributed by atoms with E-state index >= 15 is 0 Å². The summed E-state index contributed by atoms with van der Waals surface area (Å²) in [6.45, 7) is 6.05. The second-order valence-electron chi connectivity index (χ2n) is 4.73. The molecule has 2 N–H and O–H groups in total. The highest BCUT2D eigenvalue weighted by atomic mass is 16.4. The van der Waals surface area contributed by atoms with E-state index in [1.807, 2.05) is 4.90 Å². The van der Waals surface area contributed by atoms with Crippen LogP contribution < -0.4 is 5.32 Å². The van der Waals surface area contributed by atoms with Crippen LogP contribution in [-0.2, 0) is 14.4 Å². The Hall–Kier alpha value is -1.63. The third kappa shape index (κ3) is 5.25. The summed E-state index contributed by atoms with van der Waals surface area (Å²) in [7, 11) is 0. The van der Waals surface area contributed by atoms with Gasteiger partial charge in [-0.05, 0) is 6.92 Å². The summed E-state index contributed by atoms with van der Waals surface area (Å²) in [5, 5.41) is 11.2. The Bertz CT molecular complexity index is 351. The molecule has 1 unspecified atom stereocenters. The Balaban J connectivity index is 2.34. The van der Waals surface area contributed by atoms with Crippen molar-refractivity contribution in [3.8, 4) is 0 Å². The second kappa shape index (κ2) is 7.08. The first kappa shape index (κ1) is 15.4. The zero-order chi connectivity index (χ0) is 14.4. The number of hydrogen-bond acceptors (Lipinski definition) is 4. The molecule has 1 aliphatic heterocycles. The first-order valence-electron chi connectivity index (χ1n) is 6.40. The predicted octanol–water partition coefficient (Wildman–Crippen LogP) is -0.870. The van der Waals surface area contributed by atoms with Gasteiger partial charge in [0.15, 0.2) is 0 Å². The quantitative estimate of drug-likeness (QED) is 0.678. The minimum atomic E-state index is -0.808. The van der Waals surface area contributed by atoms with E-state index in [1.165, 1.54) is 6.92 Å². The van der Waals surface area contributed by atoms with Crippen LogP contribution >= 0.6 is 0 Å². The van der Waals surface area contributed by atoms with E-state index in [9.17, 15) is 14.4 Å². The molecule has 0 aromatic carbocycles. The van der Waals surface area contributed by atoms with Crippen LogP contribution in [0.15, 0.2) is 0 Å². The van der Waals surface area contributed by atoms with Crippen molar-refractivity contribution in [1.82, 2.24) is 15.1 Å². The van der Waals surface area contributed by atoms with E-state index in [2.05, 4.69) is 5.32 Å². The van der Waals surface area contributed by atoms with Gasteiger partial charge in [-0.25, -0.2) is 0 Å². The van der Waals surface area contributed by atoms with Gasteiger partial charge in [0, 0.05) is 39.6 Å². The summed E-state index contributed by atoms with van der Waals surface area (Å²) in [5.41, 5.74) is 0. The van der Waals surface area contributed by atoms with Crippen molar-refractivity contribution < 1.29 is 19.5 Å². The summed E-state index contributed by atoms with van der Waals surface area (Å²) in [6, 6.07) is -0.511. The van der Waals surface area contributed by atoms with Gasteiger partial charge in [-0.3, -0.25) is 19.3 Å². The van der Waals surface area contributed by atoms with Crippen LogP contribution in [0.5, 0.6) is 0 Å². The van der Waals surface area contributed by atoms with Gasteiger partial charge in [-0.2, -0.15) is 0 Å². The molecule has 0 aromatic heterocycles. The molecule has 0 aliphatic carbocycles. The Morgan fingerprint density at radius 1 is 1.21 bits per heavy atom. The fourth-order valence-electron chi connectivity index (χ4n) is 2.09. The Morgan fingerprint density at radius 3 is 2.26 bits per heavy atom. The van der Waals surface area contributed by atoms with Crippen molar-refractivity contribution in [2.45, 2.75) is 26.3 Å². The third-order valence-electron chi connectivity index (χ3n) is 3.12. The van der Waals surface area contributed by atoms with E-state index in [4.69, 9.17) is 5.11 Å². The van der Waals surface area contributed by atoms with Crippen LogP contribution in [0.4, 0.5) is 0 Å². The second-order valence-corrected chi connectivity index (χ2v) is 4.73. The maximum atomic E-state index is 12.0. The van der Waals surface area contributed by atoms with Crippen LogP contribution in [0.1, 0.15) is 20.3 Å². The Labute approximate surface area is 112 Å². The number of rotatable bonds is 5. The summed E-state index contributed by atoms with van der Waals surface area (Å²) >= 11 is 0. The normalized spacial score (nSPS) is 17.9. The number of carboxylic acids is 1. The number of carbonyl (C=O) groups is 3. The van der Waals surface area contributed by atoms with Gasteiger partial charge in [0.1, 0.15) is 6.04 Å². The molecule has 0 spiro atoms. The summed E-state index contributed by atoms with van der Waals surface area (Å²) < 4.78 is 0. The lowest BCUT2D eigenvalue weighted by molar-refractivity contribution is -0.139. The molecule has 1 atom stereocenters. The molecule has 1 aliphatic rings. The lowest BCUT2D eigenvalue weighted by atomic mass is 10.2. The lowest BCUT2D eigenvalue weighted by Gasteiger charge is -2.35. The number of carbonyl (C=O) groups excluding carboxylic acids is 2. The molecule has 0 aromatic rings. The van der Waals surface area contributed by atoms with Crippen LogP contribution in [0.2, 0.25) is 0 Å². The van der Waals surface area contributed by atoms with Crippen molar-refractivity contribution in [3.63, 3.8) is 0 Å². The molecule has 0 radical (unpaired) electrons. The van der Waals surface area contributed by atoms with Gasteiger partial charge in [0.2, 0.25) is 11.8 Å². The van der Waals surface area contributed by atoms with E-state index in [0.29, 0.717) is 32.7 Å². The van der Waals surface area contributed by atoms with E-state index in [-0.39, 0.29) is 18.2 Å². The van der Waals surface area contributed by atoms with Gasteiger partial charge in [-0.1, -0.05) is 0 Å². The van der Waals surface area contributed by atoms with Crippen LogP contribution in [-0.4, -0.2) is 71.5 Å². The number of nitrogens with one attached hydrogen (secondary N) is 1. The maximum Gasteiger partial charge on any atom is 0.304 e. The van der Waals surface area contributed by atoms with Crippen molar-refractivity contribution in [2.24, 2.45) is 0 Å². The van der Waals surface area contributed by atoms with Gasteiger partial charge in [-0.15, -0.1) is 0 Å². The van der Waals surface area contributed by atoms with Crippen LogP contribution in [0, 0.1) is 0 Å². The molecule has 19 heavy (non-hydrogen) atoms. The van der Waals surface area contributed by atoms with Crippen molar-refractivity contribution in [3.05, 3.63) is 0 Å². The first-order valence-corrected chi connectivity index (χ1v) is 6.40. The molecule has 1 heterocycles. The molecule has 0 saturated carbocycles. The molecule has 1 fully saturated rings. The highest BCUT2D eigenvalue weighted by Crippen LogP contribution is 2.04. The monoisotopic (exact) mass is 271 g/mol. The molecule has 108 valence electrons. The number of amides is 2. The SMILES string of the molecule is CC(=O)NC(C)C(=O)N1CCN(CCC(=O)O)CC1. The maximum absolute atomic E-state index is 12.0. The van der Waals surface area contributed by atoms with E-state index < -0.39 is 12.0 Å². The zero-order valence-electron chi connectivity index (χ0n) is 11.4. The highest BCUT2D eigenvalue weighted by Gasteiger charge is 2.25. The average molecular weight is 271 g/mol. The summed E-state index contributed by atoms with van der Waals surface area (Å²) in [4.78, 5) is 37.1. The topological polar surface area (TPSA) is 90.0 Å². The van der Waals surface area contributed by atoms with E-state index in [0.717, 1.165) is 0 Å². The van der Waals surface area contributed by atoms with E-state index in [1.54, 1.807) is 11.8 Å². The smallest absolute Gasteiger partial charge is 0.304 e. The minimum Gasteiger partial charge on any atom is -0.481 e. The molecule has 7 nitrogen and oxygen atoms in total.